The van der Waals surface area contributed by atoms with Crippen molar-refractivity contribution in [3.05, 3.63) is 93.8 Å². The number of hydrogen-bond donors (Lipinski definition) is 2. The molecular weight excluding hydrogens is 454 g/mol. The molecule has 2 N–H and O–H groups in total. The van der Waals surface area contributed by atoms with Gasteiger partial charge in [-0.2, -0.15) is 10.4 Å². The predicted molar refractivity (Wildman–Crippen MR) is 130 cm³/mol. The second-order valence-electron chi connectivity index (χ2n) is 7.17. The van der Waals surface area contributed by atoms with E-state index >= 15 is 0 Å². The maximum Gasteiger partial charge on any atom is 0.270 e. The average molecular weight is 474 g/mol. The van der Waals surface area contributed by atoms with Crippen LogP contribution in [0, 0.1) is 11.3 Å². The van der Waals surface area contributed by atoms with Gasteiger partial charge in [-0.05, 0) is 24.6 Å². The summed E-state index contributed by atoms with van der Waals surface area (Å²) in [6.07, 6.45) is 7.72. The van der Waals surface area contributed by atoms with E-state index in [0.717, 1.165) is 13.0 Å². The highest BCUT2D eigenvalue weighted by Gasteiger charge is 2.13. The molecule has 0 atom stereocenters. The van der Waals surface area contributed by atoms with Gasteiger partial charge >= 0.3 is 0 Å². The van der Waals surface area contributed by atoms with Gasteiger partial charge < -0.3 is 9.30 Å². The third kappa shape index (κ3) is 5.68. The van der Waals surface area contributed by atoms with Gasteiger partial charge in [-0.25, -0.2) is 15.4 Å². The minimum absolute atomic E-state index is 0.0676. The fourth-order valence-corrected chi connectivity index (χ4v) is 3.38. The second-order valence-corrected chi connectivity index (χ2v) is 7.61. The van der Waals surface area contributed by atoms with Gasteiger partial charge in [0.15, 0.2) is 0 Å². The lowest BCUT2D eigenvalue weighted by Crippen LogP contribution is -2.16. The Morgan fingerprint density at radius 2 is 2.12 bits per heavy atom. The normalized spacial score (nSPS) is 10.8. The van der Waals surface area contributed by atoms with Crippen molar-refractivity contribution in [2.45, 2.75) is 13.0 Å². The van der Waals surface area contributed by atoms with Gasteiger partial charge in [0.05, 0.1) is 24.8 Å². The Morgan fingerprint density at radius 1 is 1.26 bits per heavy atom. The molecule has 0 unspecified atom stereocenters. The molecule has 170 valence electrons. The molecule has 0 saturated carbocycles. The zero-order valence-electron chi connectivity index (χ0n) is 18.0. The number of hydrazone groups is 1. The largest absolute Gasteiger partial charge is 0.493 e. The van der Waals surface area contributed by atoms with Gasteiger partial charge in [0.2, 0.25) is 5.95 Å². The molecule has 2 aromatic carbocycles. The van der Waals surface area contributed by atoms with Crippen LogP contribution in [0.15, 0.2) is 77.1 Å². The van der Waals surface area contributed by atoms with Gasteiger partial charge in [-0.3, -0.25) is 9.78 Å². The van der Waals surface area contributed by atoms with Crippen LogP contribution in [0.3, 0.4) is 0 Å². The number of aromatic amines is 1. The van der Waals surface area contributed by atoms with Crippen molar-refractivity contribution >= 4 is 23.8 Å². The van der Waals surface area contributed by atoms with Crippen molar-refractivity contribution in [2.24, 2.45) is 5.10 Å². The van der Waals surface area contributed by atoms with Crippen molar-refractivity contribution < 1.29 is 4.74 Å². The number of nitrogens with zero attached hydrogens (tertiary/aromatic N) is 5. The lowest BCUT2D eigenvalue weighted by molar-refractivity contribution is 0.301. The topological polar surface area (TPSA) is 121 Å². The van der Waals surface area contributed by atoms with Crippen LogP contribution in [0.1, 0.15) is 17.5 Å². The number of hydrogen-bond acceptors (Lipinski definition) is 7. The molecule has 0 saturated heterocycles. The van der Waals surface area contributed by atoms with Crippen LogP contribution in [0.4, 0.5) is 5.95 Å². The Bertz CT molecular complexity index is 1380. The van der Waals surface area contributed by atoms with Crippen molar-refractivity contribution in [1.29, 1.82) is 5.26 Å². The smallest absolute Gasteiger partial charge is 0.270 e. The number of aryl methyl sites for hydroxylation is 1. The number of ether oxygens (including phenoxy) is 1. The molecule has 4 aromatic rings. The summed E-state index contributed by atoms with van der Waals surface area (Å²) in [5.74, 6) is 0.718. The molecular formula is C24H20ClN7O2. The number of nitrogens with one attached hydrogen (secondary N) is 2. The Balaban J connectivity index is 1.48. The van der Waals surface area contributed by atoms with E-state index in [1.807, 2.05) is 22.9 Å². The van der Waals surface area contributed by atoms with Gasteiger partial charge in [0.25, 0.3) is 5.56 Å². The van der Waals surface area contributed by atoms with Crippen LogP contribution < -0.4 is 15.7 Å². The fourth-order valence-electron chi connectivity index (χ4n) is 3.20. The molecule has 34 heavy (non-hydrogen) atoms. The third-order valence-corrected chi connectivity index (χ3v) is 5.04. The zero-order chi connectivity index (χ0) is 23.8. The summed E-state index contributed by atoms with van der Waals surface area (Å²) in [5.41, 5.74) is 3.67. The number of nitriles is 1. The molecule has 4 rings (SSSR count). The Labute approximate surface area is 200 Å². The Kier molecular flexibility index (Phi) is 7.32. The summed E-state index contributed by atoms with van der Waals surface area (Å²) in [6, 6.07) is 16.2. The summed E-state index contributed by atoms with van der Waals surface area (Å²) >= 11 is 6.15. The van der Waals surface area contributed by atoms with Crippen LogP contribution in [0.5, 0.6) is 5.75 Å². The highest BCUT2D eigenvalue weighted by Crippen LogP contribution is 2.22. The molecule has 0 fully saturated rings. The number of aromatic nitrogens is 4. The van der Waals surface area contributed by atoms with E-state index < -0.39 is 5.56 Å². The summed E-state index contributed by atoms with van der Waals surface area (Å²) in [5, 5.41) is 14.1. The molecule has 0 radical (unpaired) electrons. The molecule has 0 aliphatic heterocycles. The number of H-pyrrole nitrogens is 1. The maximum atomic E-state index is 12.4. The van der Waals surface area contributed by atoms with Crippen LogP contribution in [0.25, 0.3) is 11.3 Å². The number of benzene rings is 2. The zero-order valence-corrected chi connectivity index (χ0v) is 18.7. The standard InChI is InChI=1S/C24H20ClN7O2/c25-19-7-8-21(34-12-4-10-32-11-9-27-16-32)18(13-19)15-28-31-24-29-22(17-5-2-1-3-6-17)20(14-26)23(33)30-24/h1-3,5-9,11,13,15-16H,4,10,12H2,(H2,29,30,31,33). The first-order chi connectivity index (χ1) is 16.6. The summed E-state index contributed by atoms with van der Waals surface area (Å²) in [4.78, 5) is 23.3. The highest BCUT2D eigenvalue weighted by atomic mass is 35.5. The predicted octanol–water partition coefficient (Wildman–Crippen LogP) is 4.07. The molecule has 10 heteroatoms. The van der Waals surface area contributed by atoms with Gasteiger partial charge in [-0.1, -0.05) is 41.9 Å². The molecule has 0 bridgehead atoms. The Morgan fingerprint density at radius 3 is 2.88 bits per heavy atom. The SMILES string of the molecule is N#Cc1c(-c2ccccc2)nc(NN=Cc2cc(Cl)ccc2OCCCn2ccnc2)[nH]c1=O. The van der Waals surface area contributed by atoms with E-state index in [0.29, 0.717) is 28.5 Å². The van der Waals surface area contributed by atoms with Crippen LogP contribution in [0.2, 0.25) is 5.02 Å². The summed E-state index contributed by atoms with van der Waals surface area (Å²) in [6.45, 7) is 1.29. The first kappa shape index (κ1) is 22.8. The molecule has 9 nitrogen and oxygen atoms in total. The fraction of sp³-hybridized carbons (Fsp3) is 0.125. The second kappa shape index (κ2) is 10.9. The molecule has 2 heterocycles. The van der Waals surface area contributed by atoms with Gasteiger partial charge in [-0.15, -0.1) is 0 Å². The number of anilines is 1. The minimum Gasteiger partial charge on any atom is -0.493 e. The average Bonchev–Trinajstić information content (AvgIpc) is 3.37. The lowest BCUT2D eigenvalue weighted by Gasteiger charge is -2.10. The molecule has 2 aromatic heterocycles. The van der Waals surface area contributed by atoms with E-state index in [-0.39, 0.29) is 17.2 Å². The van der Waals surface area contributed by atoms with Crippen molar-refractivity contribution in [1.82, 2.24) is 19.5 Å². The lowest BCUT2D eigenvalue weighted by atomic mass is 10.1. The molecule has 0 aliphatic carbocycles. The number of halogens is 1. The van der Waals surface area contributed by atoms with E-state index in [2.05, 4.69) is 25.5 Å². The van der Waals surface area contributed by atoms with E-state index in [4.69, 9.17) is 16.3 Å². The molecule has 0 spiro atoms. The quantitative estimate of drug-likeness (QED) is 0.215. The van der Waals surface area contributed by atoms with E-state index in [1.54, 1.807) is 55.0 Å². The van der Waals surface area contributed by atoms with Gasteiger partial charge in [0.1, 0.15) is 17.4 Å². The summed E-state index contributed by atoms with van der Waals surface area (Å²) in [7, 11) is 0. The number of imidazole rings is 1. The molecule has 0 aliphatic rings. The summed E-state index contributed by atoms with van der Waals surface area (Å²) < 4.78 is 7.88. The van der Waals surface area contributed by atoms with Crippen LogP contribution >= 0.6 is 11.6 Å². The van der Waals surface area contributed by atoms with Crippen molar-refractivity contribution in [3.63, 3.8) is 0 Å². The van der Waals surface area contributed by atoms with E-state index in [9.17, 15) is 10.1 Å². The minimum atomic E-state index is -0.557. The van der Waals surface area contributed by atoms with Crippen molar-refractivity contribution in [2.75, 3.05) is 12.0 Å². The highest BCUT2D eigenvalue weighted by molar-refractivity contribution is 6.30. The van der Waals surface area contributed by atoms with Crippen LogP contribution in [-0.2, 0) is 6.54 Å². The van der Waals surface area contributed by atoms with Gasteiger partial charge in [0, 0.05) is 35.1 Å². The third-order valence-electron chi connectivity index (χ3n) is 4.80. The van der Waals surface area contributed by atoms with Crippen molar-refractivity contribution in [3.8, 4) is 23.1 Å². The number of rotatable bonds is 9. The first-order valence-electron chi connectivity index (χ1n) is 10.4. The maximum absolute atomic E-state index is 12.4. The Hall–Kier alpha value is -4.42. The van der Waals surface area contributed by atoms with Crippen LogP contribution in [-0.4, -0.2) is 32.3 Å². The first-order valence-corrected chi connectivity index (χ1v) is 10.8. The molecule has 0 amide bonds. The van der Waals surface area contributed by atoms with E-state index in [1.165, 1.54) is 6.21 Å². The monoisotopic (exact) mass is 473 g/mol.